The summed E-state index contributed by atoms with van der Waals surface area (Å²) in [6.07, 6.45) is 2.55. The molecule has 0 unspecified atom stereocenters. The van der Waals surface area contributed by atoms with E-state index in [-0.39, 0.29) is 5.91 Å². The van der Waals surface area contributed by atoms with Gasteiger partial charge in [-0.1, -0.05) is 13.0 Å². The van der Waals surface area contributed by atoms with Gasteiger partial charge in [0.25, 0.3) is 0 Å². The van der Waals surface area contributed by atoms with Crippen molar-refractivity contribution in [3.8, 4) is 11.5 Å². The van der Waals surface area contributed by atoms with Crippen LogP contribution in [-0.4, -0.2) is 45.5 Å². The first-order chi connectivity index (χ1) is 10.7. The molecule has 3 rings (SSSR count). The van der Waals surface area contributed by atoms with Crippen LogP contribution in [0.25, 0.3) is 11.5 Å². The normalized spacial score (nSPS) is 14.7. The number of hydrogen-bond donors (Lipinski definition) is 0. The van der Waals surface area contributed by atoms with Gasteiger partial charge in [0, 0.05) is 24.5 Å². The summed E-state index contributed by atoms with van der Waals surface area (Å²) in [5.41, 5.74) is 1.70. The summed E-state index contributed by atoms with van der Waals surface area (Å²) in [7, 11) is 0. The molecule has 1 saturated heterocycles. The van der Waals surface area contributed by atoms with Crippen molar-refractivity contribution in [2.75, 3.05) is 24.7 Å². The molecular formula is C16H19N5O. The van der Waals surface area contributed by atoms with Crippen LogP contribution in [-0.2, 0) is 11.2 Å². The fourth-order valence-corrected chi connectivity index (χ4v) is 2.46. The molecule has 22 heavy (non-hydrogen) atoms. The lowest BCUT2D eigenvalue weighted by atomic mass is 10.2. The van der Waals surface area contributed by atoms with Gasteiger partial charge >= 0.3 is 0 Å². The zero-order chi connectivity index (χ0) is 15.5. The van der Waals surface area contributed by atoms with E-state index in [1.807, 2.05) is 41.0 Å². The Kier molecular flexibility index (Phi) is 4.00. The first-order valence-electron chi connectivity index (χ1n) is 7.53. The molecule has 6 heteroatoms. The van der Waals surface area contributed by atoms with Crippen LogP contribution in [0.3, 0.4) is 0 Å². The van der Waals surface area contributed by atoms with Gasteiger partial charge in [-0.2, -0.15) is 0 Å². The van der Waals surface area contributed by atoms with Crippen LogP contribution in [0.4, 0.5) is 5.82 Å². The van der Waals surface area contributed by atoms with Crippen LogP contribution < -0.4 is 4.90 Å². The molecule has 2 aromatic rings. The number of carbonyl (C=O) groups excluding carboxylic acids is 1. The van der Waals surface area contributed by atoms with E-state index < -0.39 is 0 Å². The van der Waals surface area contributed by atoms with Crippen LogP contribution >= 0.6 is 0 Å². The van der Waals surface area contributed by atoms with Gasteiger partial charge in [-0.15, -0.1) is 0 Å². The third-order valence-corrected chi connectivity index (χ3v) is 3.75. The van der Waals surface area contributed by atoms with Gasteiger partial charge in [0.15, 0.2) is 5.82 Å². The van der Waals surface area contributed by atoms with Crippen LogP contribution in [0.1, 0.15) is 19.5 Å². The minimum absolute atomic E-state index is 0.138. The predicted molar refractivity (Wildman–Crippen MR) is 84.2 cm³/mol. The van der Waals surface area contributed by atoms with E-state index in [9.17, 15) is 4.79 Å². The second-order valence-electron chi connectivity index (χ2n) is 5.20. The fraction of sp³-hybridized carbons (Fsp3) is 0.375. The summed E-state index contributed by atoms with van der Waals surface area (Å²) >= 11 is 0. The second-order valence-corrected chi connectivity index (χ2v) is 5.20. The van der Waals surface area contributed by atoms with Crippen molar-refractivity contribution in [2.24, 2.45) is 0 Å². The Morgan fingerprint density at radius 3 is 2.73 bits per heavy atom. The number of anilines is 1. The Labute approximate surface area is 129 Å². The highest BCUT2D eigenvalue weighted by atomic mass is 16.2. The van der Waals surface area contributed by atoms with E-state index in [0.29, 0.717) is 25.6 Å². The van der Waals surface area contributed by atoms with E-state index in [1.165, 1.54) is 0 Å². The molecule has 3 heterocycles. The molecule has 0 spiro atoms. The number of rotatable bonds is 4. The van der Waals surface area contributed by atoms with Crippen molar-refractivity contribution in [3.63, 3.8) is 0 Å². The van der Waals surface area contributed by atoms with Crippen LogP contribution in [0.2, 0.25) is 0 Å². The summed E-state index contributed by atoms with van der Waals surface area (Å²) in [5, 5.41) is 0. The molecule has 1 fully saturated rings. The van der Waals surface area contributed by atoms with E-state index in [2.05, 4.69) is 21.9 Å². The molecule has 6 nitrogen and oxygen atoms in total. The lowest BCUT2D eigenvalue weighted by Crippen LogP contribution is -2.27. The zero-order valence-electron chi connectivity index (χ0n) is 12.9. The topological polar surface area (TPSA) is 62.2 Å². The van der Waals surface area contributed by atoms with E-state index in [0.717, 1.165) is 23.6 Å². The molecule has 0 N–H and O–H groups in total. The predicted octanol–water partition coefficient (Wildman–Crippen LogP) is 1.73. The highest BCUT2D eigenvalue weighted by molar-refractivity contribution is 5.84. The average molecular weight is 297 g/mol. The van der Waals surface area contributed by atoms with Gasteiger partial charge in [-0.3, -0.25) is 9.78 Å². The molecule has 114 valence electrons. The van der Waals surface area contributed by atoms with Gasteiger partial charge in [0.05, 0.1) is 6.67 Å². The lowest BCUT2D eigenvalue weighted by Gasteiger charge is -2.18. The minimum atomic E-state index is 0.138. The van der Waals surface area contributed by atoms with Crippen molar-refractivity contribution in [1.29, 1.82) is 0 Å². The summed E-state index contributed by atoms with van der Waals surface area (Å²) in [5.74, 6) is 1.53. The number of hydrogen-bond acceptors (Lipinski definition) is 5. The van der Waals surface area contributed by atoms with Crippen LogP contribution in [0.5, 0.6) is 0 Å². The monoisotopic (exact) mass is 297 g/mol. The van der Waals surface area contributed by atoms with Crippen LogP contribution in [0.15, 0.2) is 30.5 Å². The van der Waals surface area contributed by atoms with Crippen molar-refractivity contribution in [2.45, 2.75) is 20.3 Å². The Morgan fingerprint density at radius 2 is 2.09 bits per heavy atom. The number of aromatic nitrogens is 3. The summed E-state index contributed by atoms with van der Waals surface area (Å²) in [6.45, 7) is 5.71. The standard InChI is InChI=1S/C16H19N5O/c1-3-12-9-14(21-10-15(22)20(4-2)11-21)19-16(18-12)13-7-5-6-8-17-13/h5-9H,3-4,10-11H2,1-2H3. The fourth-order valence-electron chi connectivity index (χ4n) is 2.46. The summed E-state index contributed by atoms with van der Waals surface area (Å²) in [4.78, 5) is 29.2. The first-order valence-corrected chi connectivity index (χ1v) is 7.53. The van der Waals surface area contributed by atoms with Gasteiger partial charge in [0.2, 0.25) is 5.91 Å². The Morgan fingerprint density at radius 1 is 1.23 bits per heavy atom. The quantitative estimate of drug-likeness (QED) is 0.860. The van der Waals surface area contributed by atoms with Crippen molar-refractivity contribution < 1.29 is 4.79 Å². The maximum absolute atomic E-state index is 11.9. The van der Waals surface area contributed by atoms with E-state index in [1.54, 1.807) is 6.20 Å². The molecule has 2 aromatic heterocycles. The Bertz CT molecular complexity index is 673. The number of amides is 1. The number of nitrogens with zero attached hydrogens (tertiary/aromatic N) is 5. The molecular weight excluding hydrogens is 278 g/mol. The van der Waals surface area contributed by atoms with Crippen molar-refractivity contribution in [3.05, 3.63) is 36.2 Å². The molecule has 0 atom stereocenters. The molecule has 1 aliphatic heterocycles. The largest absolute Gasteiger partial charge is 0.329 e. The highest BCUT2D eigenvalue weighted by Crippen LogP contribution is 2.21. The second kappa shape index (κ2) is 6.09. The molecule has 0 radical (unpaired) electrons. The number of carbonyl (C=O) groups is 1. The third-order valence-electron chi connectivity index (χ3n) is 3.75. The van der Waals surface area contributed by atoms with Crippen molar-refractivity contribution >= 4 is 11.7 Å². The summed E-state index contributed by atoms with van der Waals surface area (Å²) < 4.78 is 0. The number of likely N-dealkylation sites (N-methyl/N-ethyl adjacent to an activating group) is 1. The average Bonchev–Trinajstić information content (AvgIpc) is 2.96. The Hall–Kier alpha value is -2.50. The SMILES string of the molecule is CCc1cc(N2CC(=O)N(CC)C2)nc(-c2ccccn2)n1. The van der Waals surface area contributed by atoms with E-state index >= 15 is 0 Å². The third kappa shape index (κ3) is 2.77. The molecule has 0 saturated carbocycles. The Balaban J connectivity index is 1.97. The minimum Gasteiger partial charge on any atom is -0.329 e. The molecule has 0 aromatic carbocycles. The maximum atomic E-state index is 11.9. The van der Waals surface area contributed by atoms with Gasteiger partial charge in [-0.25, -0.2) is 9.97 Å². The molecule has 0 aliphatic carbocycles. The number of aryl methyl sites for hydroxylation is 1. The summed E-state index contributed by atoms with van der Waals surface area (Å²) in [6, 6.07) is 7.64. The molecule has 1 amide bonds. The smallest absolute Gasteiger partial charge is 0.243 e. The van der Waals surface area contributed by atoms with Gasteiger partial charge in [0.1, 0.15) is 18.1 Å². The number of pyridine rings is 1. The highest BCUT2D eigenvalue weighted by Gasteiger charge is 2.27. The van der Waals surface area contributed by atoms with Crippen LogP contribution in [0, 0.1) is 0 Å². The van der Waals surface area contributed by atoms with Gasteiger partial charge < -0.3 is 9.80 Å². The molecule has 1 aliphatic rings. The van der Waals surface area contributed by atoms with Gasteiger partial charge in [-0.05, 0) is 25.5 Å². The van der Waals surface area contributed by atoms with Crippen molar-refractivity contribution in [1.82, 2.24) is 19.9 Å². The molecule has 0 bridgehead atoms. The lowest BCUT2D eigenvalue weighted by molar-refractivity contribution is -0.126. The first kappa shape index (κ1) is 14.4. The van der Waals surface area contributed by atoms with E-state index in [4.69, 9.17) is 0 Å². The zero-order valence-corrected chi connectivity index (χ0v) is 12.9. The maximum Gasteiger partial charge on any atom is 0.243 e.